The molecule has 2 atom stereocenters. The zero-order valence-electron chi connectivity index (χ0n) is 14.4. The molecule has 0 aromatic heterocycles. The maximum absolute atomic E-state index is 13.3. The number of hydrogen-bond acceptors (Lipinski definition) is 4. The maximum Gasteiger partial charge on any atom is 0.262 e. The molecular weight excluding hydrogens is 313 g/mol. The van der Waals surface area contributed by atoms with Gasteiger partial charge in [0.1, 0.15) is 19.7 Å². The van der Waals surface area contributed by atoms with Crippen LogP contribution in [0, 0.1) is 0 Å². The van der Waals surface area contributed by atoms with Crippen LogP contribution in [0.4, 0.5) is 0 Å². The Hall–Kier alpha value is -2.76. The van der Waals surface area contributed by atoms with Gasteiger partial charge in [-0.3, -0.25) is 9.69 Å². The molecule has 1 spiro atoms. The third kappa shape index (κ3) is 2.32. The fraction of sp³-hybridized carbons (Fsp3) is 0.263. The van der Waals surface area contributed by atoms with Crippen molar-refractivity contribution >= 4 is 25.2 Å². The van der Waals surface area contributed by atoms with Gasteiger partial charge in [-0.15, -0.1) is 0 Å². The number of carbonyl (C=O) groups is 1. The second-order valence-electron chi connectivity index (χ2n) is 6.60. The van der Waals surface area contributed by atoms with E-state index in [1.807, 2.05) is 63.3 Å². The summed E-state index contributed by atoms with van der Waals surface area (Å²) in [6, 6.07) is 15.9. The van der Waals surface area contributed by atoms with Crippen LogP contribution in [0.3, 0.4) is 0 Å². The largest absolute Gasteiger partial charge is 0.485 e. The van der Waals surface area contributed by atoms with Crippen molar-refractivity contribution in [1.82, 2.24) is 4.90 Å². The second kappa shape index (κ2) is 5.65. The van der Waals surface area contributed by atoms with E-state index >= 15 is 0 Å². The molecule has 2 aliphatic rings. The monoisotopic (exact) mass is 333 g/mol. The van der Waals surface area contributed by atoms with Gasteiger partial charge in [-0.05, 0) is 18.6 Å². The SMILES string of the molecule is Bc1ccc2c(c1)C1(CC(c3ccccc3)O2)N=C(N)N(CC)C1=O. The van der Waals surface area contributed by atoms with Crippen LogP contribution in [0.5, 0.6) is 5.75 Å². The Morgan fingerprint density at radius 2 is 2.08 bits per heavy atom. The van der Waals surface area contributed by atoms with Crippen molar-refractivity contribution in [3.63, 3.8) is 0 Å². The van der Waals surface area contributed by atoms with Gasteiger partial charge in [0.25, 0.3) is 5.91 Å². The first-order chi connectivity index (χ1) is 12.0. The molecule has 0 aliphatic carbocycles. The molecule has 25 heavy (non-hydrogen) atoms. The summed E-state index contributed by atoms with van der Waals surface area (Å²) in [5.74, 6) is 0.922. The molecule has 2 aromatic carbocycles. The lowest BCUT2D eigenvalue weighted by Gasteiger charge is -2.37. The van der Waals surface area contributed by atoms with Crippen LogP contribution in [-0.4, -0.2) is 31.2 Å². The number of fused-ring (bicyclic) bond motifs is 2. The van der Waals surface area contributed by atoms with Crippen molar-refractivity contribution in [2.45, 2.75) is 25.0 Å². The van der Waals surface area contributed by atoms with E-state index in [1.165, 1.54) is 0 Å². The Balaban J connectivity index is 1.88. The van der Waals surface area contributed by atoms with Crippen LogP contribution in [0.1, 0.15) is 30.6 Å². The zero-order valence-corrected chi connectivity index (χ0v) is 14.4. The number of nitrogens with two attached hydrogens (primary N) is 1. The molecule has 0 saturated heterocycles. The molecule has 1 amide bonds. The van der Waals surface area contributed by atoms with Gasteiger partial charge in [0, 0.05) is 18.5 Å². The number of nitrogens with zero attached hydrogens (tertiary/aromatic N) is 2. The second-order valence-corrected chi connectivity index (χ2v) is 6.60. The average Bonchev–Trinajstić information content (AvgIpc) is 2.86. The molecule has 0 radical (unpaired) electrons. The Bertz CT molecular complexity index is 868. The van der Waals surface area contributed by atoms with E-state index in [9.17, 15) is 4.79 Å². The lowest BCUT2D eigenvalue weighted by atomic mass is 9.78. The predicted molar refractivity (Wildman–Crippen MR) is 99.7 cm³/mol. The highest BCUT2D eigenvalue weighted by molar-refractivity contribution is 6.32. The van der Waals surface area contributed by atoms with E-state index < -0.39 is 5.54 Å². The number of benzene rings is 2. The Labute approximate surface area is 147 Å². The first-order valence-electron chi connectivity index (χ1n) is 8.55. The summed E-state index contributed by atoms with van der Waals surface area (Å²) in [7, 11) is 2.00. The van der Waals surface area contributed by atoms with Gasteiger partial charge in [-0.2, -0.15) is 0 Å². The molecule has 0 saturated carbocycles. The van der Waals surface area contributed by atoms with Crippen LogP contribution >= 0.6 is 0 Å². The number of hydrogen-bond donors (Lipinski definition) is 1. The molecule has 0 fully saturated rings. The summed E-state index contributed by atoms with van der Waals surface area (Å²) < 4.78 is 6.23. The number of amides is 1. The van der Waals surface area contributed by atoms with Crippen molar-refractivity contribution in [3.05, 3.63) is 59.7 Å². The molecule has 0 bridgehead atoms. The predicted octanol–water partition coefficient (Wildman–Crippen LogP) is 0.841. The van der Waals surface area contributed by atoms with E-state index in [-0.39, 0.29) is 18.0 Å². The van der Waals surface area contributed by atoms with E-state index in [1.54, 1.807) is 4.90 Å². The van der Waals surface area contributed by atoms with Gasteiger partial charge in [0.05, 0.1) is 0 Å². The third-order valence-corrected chi connectivity index (χ3v) is 5.00. The van der Waals surface area contributed by atoms with E-state index in [0.29, 0.717) is 18.7 Å². The molecule has 2 aromatic rings. The van der Waals surface area contributed by atoms with Crippen LogP contribution in [0.2, 0.25) is 0 Å². The molecule has 5 nitrogen and oxygen atoms in total. The first kappa shape index (κ1) is 15.8. The quantitative estimate of drug-likeness (QED) is 0.828. The standard InChI is InChI=1S/C19H20BN3O2/c1-2-23-17(24)19(22-18(23)21)11-16(12-6-4-3-5-7-12)25-15-9-8-13(20)10-14(15)19/h3-10,16H,2,11,20H2,1H3,(H2,21,22). The van der Waals surface area contributed by atoms with Crippen LogP contribution < -0.4 is 15.9 Å². The van der Waals surface area contributed by atoms with Gasteiger partial charge in [0.15, 0.2) is 11.5 Å². The summed E-state index contributed by atoms with van der Waals surface area (Å²) in [6.07, 6.45) is 0.206. The number of ether oxygens (including phenoxy) is 1. The Morgan fingerprint density at radius 1 is 1.32 bits per heavy atom. The maximum atomic E-state index is 13.3. The average molecular weight is 333 g/mol. The number of carbonyl (C=O) groups excluding carboxylic acids is 1. The van der Waals surface area contributed by atoms with Crippen LogP contribution in [-0.2, 0) is 10.3 Å². The van der Waals surface area contributed by atoms with Crippen molar-refractivity contribution in [2.75, 3.05) is 6.54 Å². The highest BCUT2D eigenvalue weighted by atomic mass is 16.5. The summed E-state index contributed by atoms with van der Waals surface area (Å²) in [6.45, 7) is 2.42. The van der Waals surface area contributed by atoms with Gasteiger partial charge in [-0.25, -0.2) is 4.99 Å². The van der Waals surface area contributed by atoms with Crippen molar-refractivity contribution < 1.29 is 9.53 Å². The topological polar surface area (TPSA) is 67.9 Å². The minimum atomic E-state index is -1.000. The first-order valence-corrected chi connectivity index (χ1v) is 8.55. The normalized spacial score (nSPS) is 24.8. The molecule has 6 heteroatoms. The minimum Gasteiger partial charge on any atom is -0.485 e. The van der Waals surface area contributed by atoms with Gasteiger partial charge >= 0.3 is 0 Å². The highest BCUT2D eigenvalue weighted by Gasteiger charge is 2.54. The molecule has 2 heterocycles. The molecule has 4 rings (SSSR count). The van der Waals surface area contributed by atoms with E-state index in [4.69, 9.17) is 10.5 Å². The number of aliphatic imine (C=N–C) groups is 1. The van der Waals surface area contributed by atoms with E-state index in [2.05, 4.69) is 4.99 Å². The van der Waals surface area contributed by atoms with Gasteiger partial charge in [0.2, 0.25) is 0 Å². The lowest BCUT2D eigenvalue weighted by molar-refractivity contribution is -0.133. The molecule has 2 N–H and O–H groups in total. The number of guanidine groups is 1. The Kier molecular flexibility index (Phi) is 3.56. The fourth-order valence-corrected chi connectivity index (χ4v) is 3.74. The summed E-state index contributed by atoms with van der Waals surface area (Å²) in [5.41, 5.74) is 7.99. The molecule has 2 aliphatic heterocycles. The molecule has 126 valence electrons. The number of rotatable bonds is 2. The zero-order chi connectivity index (χ0) is 17.6. The van der Waals surface area contributed by atoms with Crippen molar-refractivity contribution in [1.29, 1.82) is 0 Å². The van der Waals surface area contributed by atoms with Crippen molar-refractivity contribution in [3.8, 4) is 5.75 Å². The molecule has 2 unspecified atom stereocenters. The smallest absolute Gasteiger partial charge is 0.262 e. The molecular formula is C19H20BN3O2. The summed E-state index contributed by atoms with van der Waals surface area (Å²) >= 11 is 0. The fourth-order valence-electron chi connectivity index (χ4n) is 3.74. The van der Waals surface area contributed by atoms with Gasteiger partial charge < -0.3 is 10.5 Å². The Morgan fingerprint density at radius 3 is 2.76 bits per heavy atom. The third-order valence-electron chi connectivity index (χ3n) is 5.00. The number of likely N-dealkylation sites (N-methyl/N-ethyl adjacent to an activating group) is 1. The van der Waals surface area contributed by atoms with Crippen molar-refractivity contribution in [2.24, 2.45) is 10.7 Å². The lowest BCUT2D eigenvalue weighted by Crippen LogP contribution is -2.45. The summed E-state index contributed by atoms with van der Waals surface area (Å²) in [4.78, 5) is 19.5. The highest BCUT2D eigenvalue weighted by Crippen LogP contribution is 2.49. The minimum absolute atomic E-state index is 0.0661. The van der Waals surface area contributed by atoms with Crippen LogP contribution in [0.15, 0.2) is 53.5 Å². The van der Waals surface area contributed by atoms with E-state index in [0.717, 1.165) is 16.6 Å². The summed E-state index contributed by atoms with van der Waals surface area (Å²) in [5, 5.41) is 0. The van der Waals surface area contributed by atoms with Gasteiger partial charge in [-0.1, -0.05) is 47.9 Å². The van der Waals surface area contributed by atoms with Crippen LogP contribution in [0.25, 0.3) is 0 Å².